The zero-order chi connectivity index (χ0) is 82.3. The van der Waals surface area contributed by atoms with Crippen LogP contribution in [0, 0.1) is 35.0 Å². The van der Waals surface area contributed by atoms with E-state index in [4.69, 9.17) is 38.6 Å². The number of unbranched alkanes of at least 4 members (excludes halogenated alkanes) is 1. The summed E-state index contributed by atoms with van der Waals surface area (Å²) >= 11 is 0. The number of nitrogens with one attached hydrogen (secondary N) is 8. The first-order chi connectivity index (χ1) is 54.1. The first-order valence-corrected chi connectivity index (χ1v) is 37.4. The fourth-order valence-electron chi connectivity index (χ4n) is 13.2. The Morgan fingerprint density at radius 2 is 1.34 bits per heavy atom. The Hall–Kier alpha value is -12.2. The second-order valence-corrected chi connectivity index (χ2v) is 28.2. The van der Waals surface area contributed by atoms with Gasteiger partial charge in [-0.3, -0.25) is 53.4 Å². The predicted molar refractivity (Wildman–Crippen MR) is 414 cm³/mol. The number of phenolic OH excluding ortho intramolecular Hbond substituents is 1. The average Bonchev–Trinajstić information content (AvgIpc) is 1.63. The summed E-state index contributed by atoms with van der Waals surface area (Å²) in [5.41, 5.74) is 33.7. The van der Waals surface area contributed by atoms with Crippen LogP contribution in [0.3, 0.4) is 0 Å². The number of Topliss-reactive ketones (excluding diaryl/α,β-unsaturated/α-hetero) is 5. The number of imidazole rings is 1. The maximum Gasteiger partial charge on any atom is 0.356 e. The second-order valence-electron chi connectivity index (χ2n) is 28.2. The van der Waals surface area contributed by atoms with Crippen molar-refractivity contribution in [1.29, 1.82) is 5.41 Å². The molecule has 7 rings (SSSR count). The van der Waals surface area contributed by atoms with Crippen molar-refractivity contribution in [3.05, 3.63) is 175 Å². The molecule has 0 radical (unpaired) electrons. The number of carbonyl (C=O) groups excluding carboxylic acids is 10. The van der Waals surface area contributed by atoms with E-state index in [2.05, 4.69) is 51.7 Å². The topological polar surface area (TPSA) is 583 Å². The molecular formula is C78H100N18O17. The maximum atomic E-state index is 15.0. The molecule has 4 aromatic carbocycles. The lowest BCUT2D eigenvalue weighted by molar-refractivity contribution is -0.142. The monoisotopic (exact) mass is 1560 g/mol. The maximum absolute atomic E-state index is 15.0. The van der Waals surface area contributed by atoms with Crippen LogP contribution < -0.4 is 65.6 Å². The number of azide groups is 1. The summed E-state index contributed by atoms with van der Waals surface area (Å²) in [4.78, 5) is 191. The minimum Gasteiger partial charge on any atom is -0.506 e. The molecule has 19 N–H and O–H groups in total. The number of primary amides is 1. The molecule has 0 bridgehead atoms. The number of carboxylic acid groups (broad SMARTS) is 1. The van der Waals surface area contributed by atoms with Crippen molar-refractivity contribution in [2.45, 2.75) is 160 Å². The summed E-state index contributed by atoms with van der Waals surface area (Å²) in [6.45, 7) is 3.05. The standard InChI is InChI=1S/C78H100N18O17/c1-45(2)71(81)68(103)39-51(36-49-19-18-48-13-6-7-15-57(48)49)65(100)41-53(43-97)74(108)91-59(24-27-69(80)104)66(101)38-50(14-8-9-29-79)72(106)90-58(16-10-30-86-76(82)83)67(102)40-52(37-54-42-85-44-87-54)73(107)92-60(33-46-11-4-3-5-12-46)63(98)26-28-70(105)89-61(75(109)110)34-47-17-25-64(99)62(35-47)96-78(112)95(77(111)93-96)55-20-22-56(23-21-55)113-32-31-88-94-84/h3-7,11-13,15,17,19-23,25,35,42,44-45,50-53,58-61,71,97,99H,8-10,14,16,18,24,26-34,36-41,43,79,81H2,1-2H3,(H2,80,104)(H,85,87)(H,89,105)(H,90,106)(H,91,108)(H,92,107)(H,93,111)(H,109,110)(H4,82,83,86). The van der Waals surface area contributed by atoms with Crippen LogP contribution >= 0.6 is 0 Å². The molecule has 6 aromatic rings. The largest absolute Gasteiger partial charge is 0.506 e. The van der Waals surface area contributed by atoms with E-state index in [1.54, 1.807) is 44.2 Å². The molecule has 0 spiro atoms. The van der Waals surface area contributed by atoms with Gasteiger partial charge >= 0.3 is 17.3 Å². The molecule has 1 aliphatic rings. The highest BCUT2D eigenvalue weighted by Gasteiger charge is 2.37. The van der Waals surface area contributed by atoms with Gasteiger partial charge in [0, 0.05) is 87.3 Å². The Labute approximate surface area is 650 Å². The normalized spacial score (nSPS) is 14.0. The fraction of sp³-hybridized carbons (Fsp3) is 0.449. The molecule has 9 atom stereocenters. The van der Waals surface area contributed by atoms with Gasteiger partial charge in [0.1, 0.15) is 29.0 Å². The van der Waals surface area contributed by atoms with Gasteiger partial charge in [-0.05, 0) is 134 Å². The van der Waals surface area contributed by atoms with Crippen molar-refractivity contribution in [2.75, 3.05) is 32.8 Å². The number of aliphatic hydroxyl groups is 1. The van der Waals surface area contributed by atoms with E-state index in [1.165, 1.54) is 48.9 Å². The number of rotatable bonds is 51. The van der Waals surface area contributed by atoms with E-state index >= 15 is 0 Å². The summed E-state index contributed by atoms with van der Waals surface area (Å²) < 4.78 is 7.00. The number of hydrogen-bond donors (Lipinski definition) is 15. The minimum absolute atomic E-state index is 0.0171. The molecule has 0 aliphatic heterocycles. The number of nitrogens with zero attached hydrogens (tertiary/aromatic N) is 6. The highest BCUT2D eigenvalue weighted by Crippen LogP contribution is 2.35. The van der Waals surface area contributed by atoms with Crippen LogP contribution in [0.5, 0.6) is 11.5 Å². The average molecular weight is 1560 g/mol. The number of hydrogen-bond acceptors (Lipinski definition) is 21. The third-order valence-corrected chi connectivity index (χ3v) is 19.5. The molecule has 5 amide bonds. The van der Waals surface area contributed by atoms with Crippen LogP contribution in [0.15, 0.2) is 130 Å². The molecule has 2 aromatic heterocycles. The third kappa shape index (κ3) is 27.1. The smallest absolute Gasteiger partial charge is 0.356 e. The number of phenols is 1. The van der Waals surface area contributed by atoms with Crippen molar-refractivity contribution in [3.8, 4) is 22.9 Å². The highest BCUT2D eigenvalue weighted by atomic mass is 16.5. The highest BCUT2D eigenvalue weighted by molar-refractivity contribution is 5.99. The number of nitrogens with two attached hydrogens (primary N) is 4. The van der Waals surface area contributed by atoms with E-state index in [0.717, 1.165) is 32.0 Å². The van der Waals surface area contributed by atoms with Gasteiger partial charge < -0.3 is 74.6 Å². The molecule has 0 saturated carbocycles. The van der Waals surface area contributed by atoms with Gasteiger partial charge in [0.25, 0.3) is 0 Å². The van der Waals surface area contributed by atoms with E-state index in [0.29, 0.717) is 36.3 Å². The van der Waals surface area contributed by atoms with Crippen LogP contribution in [-0.2, 0) is 78.4 Å². The number of carbonyl (C=O) groups is 11. The van der Waals surface area contributed by atoms with E-state index in [1.807, 2.05) is 30.3 Å². The van der Waals surface area contributed by atoms with Crippen LogP contribution in [0.2, 0.25) is 0 Å². The predicted octanol–water partition coefficient (Wildman–Crippen LogP) is 2.80. The molecule has 2 heterocycles. The molecule has 35 heteroatoms. The number of ketones is 5. The number of aliphatic hydroxyl groups excluding tert-OH is 1. The van der Waals surface area contributed by atoms with E-state index < -0.39 is 187 Å². The molecule has 1 aliphatic carbocycles. The third-order valence-electron chi connectivity index (χ3n) is 19.5. The zero-order valence-corrected chi connectivity index (χ0v) is 63.1. The number of ether oxygens (including phenoxy) is 1. The number of aromatic hydroxyl groups is 1. The van der Waals surface area contributed by atoms with Gasteiger partial charge in [-0.1, -0.05) is 92.1 Å². The Morgan fingerprint density at radius 1 is 0.690 bits per heavy atom. The number of benzene rings is 4. The van der Waals surface area contributed by atoms with Gasteiger partial charge in [0.2, 0.25) is 29.5 Å². The van der Waals surface area contributed by atoms with E-state index in [-0.39, 0.29) is 106 Å². The molecule has 0 saturated heterocycles. The Kier molecular flexibility index (Phi) is 34.3. The first-order valence-electron chi connectivity index (χ1n) is 37.4. The van der Waals surface area contributed by atoms with Crippen molar-refractivity contribution >= 4 is 76.0 Å². The van der Waals surface area contributed by atoms with Gasteiger partial charge in [-0.2, -0.15) is 4.68 Å². The molecule has 113 heavy (non-hydrogen) atoms. The molecule has 35 nitrogen and oxygen atoms in total. The lowest BCUT2D eigenvalue weighted by atomic mass is 9.82. The first kappa shape index (κ1) is 88.0. The van der Waals surface area contributed by atoms with Crippen molar-refractivity contribution in [1.82, 2.24) is 50.9 Å². The number of aromatic amines is 2. The van der Waals surface area contributed by atoms with Crippen molar-refractivity contribution in [3.63, 3.8) is 0 Å². The lowest BCUT2D eigenvalue weighted by Gasteiger charge is -2.26. The quantitative estimate of drug-likeness (QED) is 0.00652. The summed E-state index contributed by atoms with van der Waals surface area (Å²) in [7, 11) is 0. The van der Waals surface area contributed by atoms with Crippen LogP contribution in [-0.4, -0.2) is 173 Å². The number of H-pyrrole nitrogens is 2. The Bertz CT molecular complexity index is 4530. The van der Waals surface area contributed by atoms with Gasteiger partial charge in [-0.25, -0.2) is 29.0 Å². The Balaban J connectivity index is 1.06. The van der Waals surface area contributed by atoms with Crippen LogP contribution in [0.25, 0.3) is 27.4 Å². The molecule has 9 unspecified atom stereocenters. The number of aliphatic carboxylic acids is 1. The number of allylic oxidation sites excluding steroid dienone is 2. The Morgan fingerprint density at radius 3 is 1.99 bits per heavy atom. The van der Waals surface area contributed by atoms with Crippen LogP contribution in [0.1, 0.15) is 132 Å². The van der Waals surface area contributed by atoms with Crippen molar-refractivity contribution in [2.24, 2.45) is 57.6 Å². The number of guanidine groups is 1. The molecular weight excluding hydrogens is 1460 g/mol. The van der Waals surface area contributed by atoms with E-state index in [9.17, 15) is 77.6 Å². The second kappa shape index (κ2) is 44.0. The lowest BCUT2D eigenvalue weighted by Crippen LogP contribution is -2.49. The van der Waals surface area contributed by atoms with Gasteiger partial charge in [0.15, 0.2) is 29.1 Å². The fourth-order valence-corrected chi connectivity index (χ4v) is 13.2. The zero-order valence-electron chi connectivity index (χ0n) is 63.1. The SMILES string of the molecule is CC(C)C(N)C(=O)CC(CC1=CCc2ccccc21)C(=O)CC(CO)C(=O)NC(CCC(N)=O)C(=O)CC(CCCCN)C(=O)NC(CCCNC(=N)N)C(=O)CC(Cc1c[nH]cn1)C(=O)NC(Cc1ccccc1)C(=O)CCC(=O)NC(Cc1ccc(O)c(-n2[nH]c(=O)n(-c3ccc(OCCN=[N+]=[N-])cc3)c2=O)c1)C(=O)O. The summed E-state index contributed by atoms with van der Waals surface area (Å²) in [6, 6.07) is 18.8. The molecule has 0 fully saturated rings. The minimum atomic E-state index is -1.65. The number of fused-ring (bicyclic) bond motifs is 1. The number of aromatic nitrogens is 5. The van der Waals surface area contributed by atoms with Gasteiger partial charge in [-0.15, -0.1) is 0 Å². The van der Waals surface area contributed by atoms with Crippen molar-refractivity contribution < 1.29 is 72.8 Å². The summed E-state index contributed by atoms with van der Waals surface area (Å²) in [5.74, 6) is -14.5. The number of amides is 5. The van der Waals surface area contributed by atoms with Gasteiger partial charge in [0.05, 0.1) is 73.5 Å². The molecule has 604 valence electrons. The van der Waals surface area contributed by atoms with Crippen LogP contribution in [0.4, 0.5) is 0 Å². The summed E-state index contributed by atoms with van der Waals surface area (Å²) in [5, 5.41) is 58.7. The summed E-state index contributed by atoms with van der Waals surface area (Å²) in [6.07, 6.45) is 1.65. The number of carboxylic acids is 1.